The second-order valence-corrected chi connectivity index (χ2v) is 6.14. The lowest BCUT2D eigenvalue weighted by molar-refractivity contribution is 0.586. The van der Waals surface area contributed by atoms with Crippen LogP contribution in [0.5, 0.6) is 0 Å². The molecule has 3 nitrogen and oxygen atoms in total. The molecule has 0 aliphatic heterocycles. The molecule has 98 valence electrons. The lowest BCUT2D eigenvalue weighted by Gasteiger charge is -2.14. The summed E-state index contributed by atoms with van der Waals surface area (Å²) in [7, 11) is 2.10. The van der Waals surface area contributed by atoms with Gasteiger partial charge in [-0.05, 0) is 24.9 Å². The Morgan fingerprint density at radius 3 is 2.94 bits per heavy atom. The van der Waals surface area contributed by atoms with Crippen LogP contribution in [0.25, 0.3) is 0 Å². The average Bonchev–Trinajstić information content (AvgIpc) is 2.99. The third-order valence-corrected chi connectivity index (χ3v) is 4.60. The summed E-state index contributed by atoms with van der Waals surface area (Å²) in [6.07, 6.45) is 0. The van der Waals surface area contributed by atoms with Crippen molar-refractivity contribution in [1.29, 1.82) is 0 Å². The highest BCUT2D eigenvalue weighted by molar-refractivity contribution is 7.13. The number of nitrogens with one attached hydrogen (secondary N) is 1. The van der Waals surface area contributed by atoms with Crippen molar-refractivity contribution in [3.63, 3.8) is 0 Å². The first-order chi connectivity index (χ1) is 8.70. The summed E-state index contributed by atoms with van der Waals surface area (Å²) < 4.78 is 0. The number of anilines is 1. The molecule has 0 aliphatic carbocycles. The van der Waals surface area contributed by atoms with E-state index in [0.29, 0.717) is 6.04 Å². The minimum Gasteiger partial charge on any atom is -0.346 e. The highest BCUT2D eigenvalue weighted by atomic mass is 32.1. The van der Waals surface area contributed by atoms with Gasteiger partial charge in [0, 0.05) is 23.3 Å². The maximum absolute atomic E-state index is 4.70. The molecule has 0 fully saturated rings. The standard InChI is InChI=1S/C13H19N3S2/c1-4-14-10(2)12-9-18-13(15-12)16(3)8-11-6-5-7-17-11/h5-7,9-10,14H,4,8H2,1-3H3. The van der Waals surface area contributed by atoms with Crippen LogP contribution in [-0.4, -0.2) is 18.6 Å². The molecule has 0 bridgehead atoms. The highest BCUT2D eigenvalue weighted by Gasteiger charge is 2.11. The topological polar surface area (TPSA) is 28.2 Å². The number of nitrogens with zero attached hydrogens (tertiary/aromatic N) is 2. The minimum absolute atomic E-state index is 0.329. The lowest BCUT2D eigenvalue weighted by Crippen LogP contribution is -2.19. The van der Waals surface area contributed by atoms with Crippen molar-refractivity contribution >= 4 is 27.8 Å². The average molecular weight is 281 g/mol. The van der Waals surface area contributed by atoms with Gasteiger partial charge in [0.2, 0.25) is 0 Å². The zero-order valence-corrected chi connectivity index (χ0v) is 12.6. The van der Waals surface area contributed by atoms with Crippen molar-refractivity contribution < 1.29 is 0 Å². The molecule has 2 rings (SSSR count). The number of thiophene rings is 1. The van der Waals surface area contributed by atoms with E-state index in [-0.39, 0.29) is 0 Å². The quantitative estimate of drug-likeness (QED) is 0.878. The summed E-state index contributed by atoms with van der Waals surface area (Å²) in [4.78, 5) is 8.27. The monoisotopic (exact) mass is 281 g/mol. The van der Waals surface area contributed by atoms with Crippen molar-refractivity contribution in [3.8, 4) is 0 Å². The molecule has 0 spiro atoms. The van der Waals surface area contributed by atoms with Crippen molar-refractivity contribution in [2.45, 2.75) is 26.4 Å². The van der Waals surface area contributed by atoms with Gasteiger partial charge in [-0.15, -0.1) is 22.7 Å². The third-order valence-electron chi connectivity index (χ3n) is 2.76. The fourth-order valence-corrected chi connectivity index (χ4v) is 3.41. The predicted octanol–water partition coefficient (Wildman–Crippen LogP) is 3.51. The van der Waals surface area contributed by atoms with Crippen LogP contribution in [0, 0.1) is 0 Å². The number of hydrogen-bond acceptors (Lipinski definition) is 5. The molecule has 0 amide bonds. The Kier molecular flexibility index (Phi) is 4.74. The Balaban J connectivity index is 2.00. The van der Waals surface area contributed by atoms with Crippen molar-refractivity contribution in [1.82, 2.24) is 10.3 Å². The van der Waals surface area contributed by atoms with Crippen LogP contribution >= 0.6 is 22.7 Å². The summed E-state index contributed by atoms with van der Waals surface area (Å²) in [6.45, 7) is 6.17. The maximum Gasteiger partial charge on any atom is 0.185 e. The molecule has 0 aromatic carbocycles. The van der Waals surface area contributed by atoms with Gasteiger partial charge in [0.05, 0.1) is 12.2 Å². The molecule has 1 N–H and O–H groups in total. The van der Waals surface area contributed by atoms with Crippen molar-refractivity contribution in [2.24, 2.45) is 0 Å². The van der Waals surface area contributed by atoms with Gasteiger partial charge in [0.25, 0.3) is 0 Å². The first-order valence-electron chi connectivity index (χ1n) is 6.13. The second kappa shape index (κ2) is 6.31. The number of aromatic nitrogens is 1. The molecule has 18 heavy (non-hydrogen) atoms. The van der Waals surface area contributed by atoms with Crippen LogP contribution in [0.15, 0.2) is 22.9 Å². The first kappa shape index (κ1) is 13.5. The summed E-state index contributed by atoms with van der Waals surface area (Å²) in [5.74, 6) is 0. The van der Waals surface area contributed by atoms with Gasteiger partial charge in [-0.25, -0.2) is 4.98 Å². The van der Waals surface area contributed by atoms with Crippen LogP contribution in [0.1, 0.15) is 30.5 Å². The molecule has 5 heteroatoms. The molecule has 1 unspecified atom stereocenters. The normalized spacial score (nSPS) is 12.6. The Labute approximate surface area is 116 Å². The van der Waals surface area contributed by atoms with E-state index >= 15 is 0 Å². The molecule has 0 aliphatic rings. The third kappa shape index (κ3) is 3.31. The van der Waals surface area contributed by atoms with Crippen LogP contribution in [-0.2, 0) is 6.54 Å². The molecule has 2 aromatic rings. The summed E-state index contributed by atoms with van der Waals surface area (Å²) in [6, 6.07) is 4.58. The van der Waals surface area contributed by atoms with E-state index < -0.39 is 0 Å². The van der Waals surface area contributed by atoms with E-state index in [9.17, 15) is 0 Å². The number of hydrogen-bond donors (Lipinski definition) is 1. The molecular formula is C13H19N3S2. The van der Waals surface area contributed by atoms with Gasteiger partial charge in [-0.1, -0.05) is 13.0 Å². The van der Waals surface area contributed by atoms with Gasteiger partial charge in [0.1, 0.15) is 0 Å². The minimum atomic E-state index is 0.329. The fourth-order valence-electron chi connectivity index (χ4n) is 1.77. The first-order valence-corrected chi connectivity index (χ1v) is 7.89. The highest BCUT2D eigenvalue weighted by Crippen LogP contribution is 2.25. The van der Waals surface area contributed by atoms with E-state index in [2.05, 4.69) is 54.0 Å². The maximum atomic E-state index is 4.70. The van der Waals surface area contributed by atoms with Crippen molar-refractivity contribution in [2.75, 3.05) is 18.5 Å². The Hall–Kier alpha value is -0.910. The lowest BCUT2D eigenvalue weighted by atomic mass is 10.3. The second-order valence-electron chi connectivity index (χ2n) is 4.27. The summed E-state index contributed by atoms with van der Waals surface area (Å²) in [5, 5.41) is 8.73. The number of rotatable bonds is 6. The molecular weight excluding hydrogens is 262 g/mol. The van der Waals surface area contributed by atoms with Crippen LogP contribution in [0.3, 0.4) is 0 Å². The Morgan fingerprint density at radius 2 is 2.28 bits per heavy atom. The molecule has 1 atom stereocenters. The van der Waals surface area contributed by atoms with E-state index in [1.807, 2.05) is 0 Å². The molecule has 0 saturated heterocycles. The SMILES string of the molecule is CCNC(C)c1csc(N(C)Cc2cccs2)n1. The molecule has 0 radical (unpaired) electrons. The number of thiazole rings is 1. The fraction of sp³-hybridized carbons (Fsp3) is 0.462. The van der Waals surface area contributed by atoms with Crippen LogP contribution in [0.4, 0.5) is 5.13 Å². The largest absolute Gasteiger partial charge is 0.346 e. The van der Waals surface area contributed by atoms with Gasteiger partial charge >= 0.3 is 0 Å². The molecule has 0 saturated carbocycles. The van der Waals surface area contributed by atoms with E-state index in [1.165, 1.54) is 4.88 Å². The van der Waals surface area contributed by atoms with E-state index in [1.54, 1.807) is 22.7 Å². The van der Waals surface area contributed by atoms with Crippen LogP contribution in [0.2, 0.25) is 0 Å². The van der Waals surface area contributed by atoms with Crippen molar-refractivity contribution in [3.05, 3.63) is 33.5 Å². The zero-order valence-electron chi connectivity index (χ0n) is 11.0. The smallest absolute Gasteiger partial charge is 0.185 e. The van der Waals surface area contributed by atoms with Gasteiger partial charge in [-0.2, -0.15) is 0 Å². The summed E-state index contributed by atoms with van der Waals surface area (Å²) in [5.41, 5.74) is 1.13. The summed E-state index contributed by atoms with van der Waals surface area (Å²) >= 11 is 3.50. The predicted molar refractivity (Wildman–Crippen MR) is 80.6 cm³/mol. The molecule has 2 heterocycles. The Bertz CT molecular complexity index is 464. The van der Waals surface area contributed by atoms with Gasteiger partial charge in [-0.3, -0.25) is 0 Å². The zero-order chi connectivity index (χ0) is 13.0. The van der Waals surface area contributed by atoms with Gasteiger partial charge < -0.3 is 10.2 Å². The van der Waals surface area contributed by atoms with E-state index in [0.717, 1.165) is 23.9 Å². The molecule has 2 aromatic heterocycles. The Morgan fingerprint density at radius 1 is 1.44 bits per heavy atom. The van der Waals surface area contributed by atoms with Gasteiger partial charge in [0.15, 0.2) is 5.13 Å². The van der Waals surface area contributed by atoms with E-state index in [4.69, 9.17) is 4.98 Å². The van der Waals surface area contributed by atoms with Crippen LogP contribution < -0.4 is 10.2 Å².